The second kappa shape index (κ2) is 5.03. The molecule has 0 spiro atoms. The second-order valence-corrected chi connectivity index (χ2v) is 5.94. The molecule has 20 heavy (non-hydrogen) atoms. The van der Waals surface area contributed by atoms with Crippen LogP contribution in [-0.2, 0) is 6.42 Å². The van der Waals surface area contributed by atoms with Crippen molar-refractivity contribution in [3.8, 4) is 5.82 Å². The largest absolute Gasteiger partial charge is 0.357 e. The molecule has 0 fully saturated rings. The number of halogens is 1. The Labute approximate surface area is 125 Å². The van der Waals surface area contributed by atoms with Crippen LogP contribution >= 0.6 is 22.9 Å². The molecule has 7 heteroatoms. The van der Waals surface area contributed by atoms with Gasteiger partial charge in [-0.2, -0.15) is 10.1 Å². The van der Waals surface area contributed by atoms with Crippen LogP contribution in [0.4, 0.5) is 5.95 Å². The molecule has 0 bridgehead atoms. The highest BCUT2D eigenvalue weighted by Gasteiger charge is 2.14. The molecule has 0 amide bonds. The van der Waals surface area contributed by atoms with Gasteiger partial charge in [0, 0.05) is 11.9 Å². The Morgan fingerprint density at radius 1 is 1.40 bits per heavy atom. The van der Waals surface area contributed by atoms with Crippen LogP contribution in [0.25, 0.3) is 16.0 Å². The zero-order valence-electron chi connectivity index (χ0n) is 11.4. The van der Waals surface area contributed by atoms with Crippen LogP contribution in [0.1, 0.15) is 17.5 Å². The van der Waals surface area contributed by atoms with Crippen molar-refractivity contribution in [2.24, 2.45) is 0 Å². The van der Waals surface area contributed by atoms with Crippen molar-refractivity contribution >= 4 is 39.1 Å². The topological polar surface area (TPSA) is 55.6 Å². The molecular formula is C13H14ClN5S. The Kier molecular flexibility index (Phi) is 3.35. The maximum absolute atomic E-state index is 6.10. The summed E-state index contributed by atoms with van der Waals surface area (Å²) in [7, 11) is 1.81. The number of anilines is 1. The third-order valence-electron chi connectivity index (χ3n) is 3.05. The molecule has 3 aromatic rings. The Balaban J connectivity index is 2.28. The molecule has 0 unspecified atom stereocenters. The van der Waals surface area contributed by atoms with Gasteiger partial charge in [0.2, 0.25) is 5.95 Å². The summed E-state index contributed by atoms with van der Waals surface area (Å²) >= 11 is 7.78. The first-order valence-corrected chi connectivity index (χ1v) is 7.52. The number of nitrogens with one attached hydrogen (secondary N) is 1. The standard InChI is InChI=1S/C13H14ClN5S/c1-4-8-5-9-11(19-6-10(14)7(2)18-19)16-13(15-3)17-12(9)20-8/h5-6H,4H2,1-3H3,(H,15,16,17). The van der Waals surface area contributed by atoms with Gasteiger partial charge < -0.3 is 5.32 Å². The molecule has 0 aliphatic carbocycles. The number of rotatable bonds is 3. The van der Waals surface area contributed by atoms with Crippen molar-refractivity contribution in [1.29, 1.82) is 0 Å². The Morgan fingerprint density at radius 3 is 2.80 bits per heavy atom. The molecule has 0 aliphatic rings. The van der Waals surface area contributed by atoms with E-state index in [1.807, 2.05) is 6.92 Å². The lowest BCUT2D eigenvalue weighted by Crippen LogP contribution is -2.04. The minimum atomic E-state index is 0.585. The van der Waals surface area contributed by atoms with Gasteiger partial charge in [0.05, 0.1) is 22.3 Å². The molecule has 1 N–H and O–H groups in total. The van der Waals surface area contributed by atoms with Crippen LogP contribution in [0.5, 0.6) is 0 Å². The summed E-state index contributed by atoms with van der Waals surface area (Å²) in [5, 5.41) is 9.04. The minimum Gasteiger partial charge on any atom is -0.357 e. The van der Waals surface area contributed by atoms with Crippen LogP contribution in [0.15, 0.2) is 12.3 Å². The third kappa shape index (κ3) is 2.14. The van der Waals surface area contributed by atoms with E-state index in [1.54, 1.807) is 29.3 Å². The van der Waals surface area contributed by atoms with Crippen LogP contribution < -0.4 is 5.32 Å². The summed E-state index contributed by atoms with van der Waals surface area (Å²) in [6.45, 7) is 4.01. The molecule has 3 heterocycles. The second-order valence-electron chi connectivity index (χ2n) is 4.41. The van der Waals surface area contributed by atoms with Crippen molar-refractivity contribution in [3.63, 3.8) is 0 Å². The molecule has 0 aliphatic heterocycles. The lowest BCUT2D eigenvalue weighted by Gasteiger charge is -2.05. The maximum Gasteiger partial charge on any atom is 0.225 e. The molecule has 3 aromatic heterocycles. The summed E-state index contributed by atoms with van der Waals surface area (Å²) in [5.74, 6) is 1.34. The number of hydrogen-bond donors (Lipinski definition) is 1. The zero-order chi connectivity index (χ0) is 14.3. The van der Waals surface area contributed by atoms with Crippen LogP contribution in [0, 0.1) is 6.92 Å². The minimum absolute atomic E-state index is 0.585. The first-order chi connectivity index (χ1) is 9.62. The van der Waals surface area contributed by atoms with E-state index in [0.29, 0.717) is 11.0 Å². The highest BCUT2D eigenvalue weighted by Crippen LogP contribution is 2.30. The number of hydrogen-bond acceptors (Lipinski definition) is 5. The van der Waals surface area contributed by atoms with Crippen molar-refractivity contribution in [2.45, 2.75) is 20.3 Å². The van der Waals surface area contributed by atoms with Gasteiger partial charge in [0.1, 0.15) is 4.83 Å². The van der Waals surface area contributed by atoms with E-state index >= 15 is 0 Å². The predicted molar refractivity (Wildman–Crippen MR) is 83.2 cm³/mol. The summed E-state index contributed by atoms with van der Waals surface area (Å²) < 4.78 is 1.72. The average Bonchev–Trinajstić information content (AvgIpc) is 3.01. The van der Waals surface area contributed by atoms with Gasteiger partial charge in [-0.15, -0.1) is 11.3 Å². The fourth-order valence-corrected chi connectivity index (χ4v) is 3.06. The fraction of sp³-hybridized carbons (Fsp3) is 0.308. The number of aryl methyl sites for hydroxylation is 2. The van der Waals surface area contributed by atoms with E-state index < -0.39 is 0 Å². The van der Waals surface area contributed by atoms with E-state index in [0.717, 1.165) is 28.1 Å². The zero-order valence-corrected chi connectivity index (χ0v) is 13.0. The summed E-state index contributed by atoms with van der Waals surface area (Å²) in [6.07, 6.45) is 2.76. The molecule has 104 valence electrons. The van der Waals surface area contributed by atoms with Crippen LogP contribution in [0.3, 0.4) is 0 Å². The van der Waals surface area contributed by atoms with E-state index in [9.17, 15) is 0 Å². The van der Waals surface area contributed by atoms with Gasteiger partial charge in [0.25, 0.3) is 0 Å². The Bertz CT molecular complexity index is 757. The first kappa shape index (κ1) is 13.3. The molecule has 0 saturated carbocycles. The van der Waals surface area contributed by atoms with Crippen LogP contribution in [0.2, 0.25) is 5.02 Å². The third-order valence-corrected chi connectivity index (χ3v) is 4.60. The maximum atomic E-state index is 6.10. The number of thiophene rings is 1. The lowest BCUT2D eigenvalue weighted by atomic mass is 10.3. The number of nitrogens with zero attached hydrogens (tertiary/aromatic N) is 4. The quantitative estimate of drug-likeness (QED) is 0.805. The van der Waals surface area contributed by atoms with Gasteiger partial charge in [0.15, 0.2) is 5.82 Å². The van der Waals surface area contributed by atoms with Gasteiger partial charge in [-0.05, 0) is 19.4 Å². The van der Waals surface area contributed by atoms with Crippen LogP contribution in [-0.4, -0.2) is 26.8 Å². The Morgan fingerprint density at radius 2 is 2.20 bits per heavy atom. The van der Waals surface area contributed by atoms with Gasteiger partial charge in [-0.25, -0.2) is 9.67 Å². The molecule has 0 saturated heterocycles. The smallest absolute Gasteiger partial charge is 0.225 e. The average molecular weight is 308 g/mol. The normalized spacial score (nSPS) is 11.2. The summed E-state index contributed by atoms with van der Waals surface area (Å²) in [5.41, 5.74) is 0.787. The highest BCUT2D eigenvalue weighted by atomic mass is 35.5. The van der Waals surface area contributed by atoms with E-state index in [2.05, 4.69) is 33.4 Å². The van der Waals surface area contributed by atoms with Gasteiger partial charge in [-0.3, -0.25) is 0 Å². The molecule has 0 radical (unpaired) electrons. The van der Waals surface area contributed by atoms with Crippen molar-refractivity contribution in [1.82, 2.24) is 19.7 Å². The van der Waals surface area contributed by atoms with Gasteiger partial charge >= 0.3 is 0 Å². The molecule has 5 nitrogen and oxygen atoms in total. The van der Waals surface area contributed by atoms with Crippen molar-refractivity contribution < 1.29 is 0 Å². The molecule has 0 atom stereocenters. The fourth-order valence-electron chi connectivity index (χ4n) is 1.96. The predicted octanol–water partition coefficient (Wildman–Crippen LogP) is 3.44. The molecule has 3 rings (SSSR count). The van der Waals surface area contributed by atoms with E-state index in [1.165, 1.54) is 4.88 Å². The van der Waals surface area contributed by atoms with Crippen molar-refractivity contribution in [2.75, 3.05) is 12.4 Å². The number of fused-ring (bicyclic) bond motifs is 1. The SMILES string of the molecule is CCc1cc2c(-n3cc(Cl)c(C)n3)nc(NC)nc2s1. The highest BCUT2D eigenvalue weighted by molar-refractivity contribution is 7.18. The first-order valence-electron chi connectivity index (χ1n) is 6.32. The van der Waals surface area contributed by atoms with E-state index in [-0.39, 0.29) is 0 Å². The van der Waals surface area contributed by atoms with E-state index in [4.69, 9.17) is 11.6 Å². The molecular weight excluding hydrogens is 294 g/mol. The molecule has 0 aromatic carbocycles. The lowest BCUT2D eigenvalue weighted by molar-refractivity contribution is 0.838. The summed E-state index contributed by atoms with van der Waals surface area (Å²) in [6, 6.07) is 2.12. The number of aromatic nitrogens is 4. The summed E-state index contributed by atoms with van der Waals surface area (Å²) in [4.78, 5) is 11.3. The van der Waals surface area contributed by atoms with Crippen molar-refractivity contribution in [3.05, 3.63) is 27.9 Å². The van der Waals surface area contributed by atoms with Gasteiger partial charge in [-0.1, -0.05) is 18.5 Å². The monoisotopic (exact) mass is 307 g/mol. The Hall–Kier alpha value is -1.66.